The minimum absolute atomic E-state index is 0.0105. The van der Waals surface area contributed by atoms with E-state index in [0.29, 0.717) is 5.57 Å². The van der Waals surface area contributed by atoms with Crippen LogP contribution in [-0.4, -0.2) is 55.3 Å². The Bertz CT molecular complexity index is 573. The highest BCUT2D eigenvalue weighted by Crippen LogP contribution is 2.15. The van der Waals surface area contributed by atoms with Crippen LogP contribution in [0.25, 0.3) is 0 Å². The van der Waals surface area contributed by atoms with Crippen molar-refractivity contribution in [3.63, 3.8) is 0 Å². The number of nitrogens with one attached hydrogen (secondary N) is 1. The maximum Gasteiger partial charge on any atom is 0.338 e. The first-order valence-electron chi connectivity index (χ1n) is 6.79. The Hall–Kier alpha value is -2.28. The van der Waals surface area contributed by atoms with E-state index in [4.69, 9.17) is 4.74 Å². The third-order valence-electron chi connectivity index (χ3n) is 3.02. The van der Waals surface area contributed by atoms with Crippen LogP contribution < -0.4 is 5.32 Å². The molecule has 7 nitrogen and oxygen atoms in total. The van der Waals surface area contributed by atoms with Crippen molar-refractivity contribution in [2.75, 3.05) is 20.8 Å². The fourth-order valence-corrected chi connectivity index (χ4v) is 2.01. The molecule has 120 valence electrons. The van der Waals surface area contributed by atoms with Gasteiger partial charge in [-0.2, -0.15) is 0 Å². The maximum absolute atomic E-state index is 11.9. The second-order valence-corrected chi connectivity index (χ2v) is 5.18. The Morgan fingerprint density at radius 2 is 2.23 bits per heavy atom. The van der Waals surface area contributed by atoms with Gasteiger partial charge in [-0.05, 0) is 17.6 Å². The highest BCUT2D eigenvalue weighted by molar-refractivity contribution is 6.55. The lowest BCUT2D eigenvalue weighted by Gasteiger charge is -2.08. The number of hydrogen-bond donors (Lipinski definition) is 2. The van der Waals surface area contributed by atoms with E-state index in [0.717, 1.165) is 0 Å². The minimum atomic E-state index is -1.18. The molecule has 1 aliphatic rings. The fraction of sp³-hybridized carbons (Fsp3) is 0.467. The van der Waals surface area contributed by atoms with E-state index in [2.05, 4.69) is 21.9 Å². The summed E-state index contributed by atoms with van der Waals surface area (Å²) in [5, 5.41) is 12.0. The second-order valence-electron chi connectivity index (χ2n) is 5.18. The molecule has 0 aromatic carbocycles. The van der Waals surface area contributed by atoms with Gasteiger partial charge in [0.2, 0.25) is 0 Å². The SMILES string of the molecule is C=C(/C=C(/C(=O)O)C(=NC)C1=NC(C(C)C)C(=O)N1)COC. The average Bonchev–Trinajstić information content (AvgIpc) is 2.80. The predicted octanol–water partition coefficient (Wildman–Crippen LogP) is 0.824. The zero-order chi connectivity index (χ0) is 16.9. The molecule has 0 aliphatic carbocycles. The third kappa shape index (κ3) is 4.11. The van der Waals surface area contributed by atoms with Crippen LogP contribution in [0.3, 0.4) is 0 Å². The van der Waals surface area contributed by atoms with Gasteiger partial charge in [0.15, 0.2) is 5.84 Å². The van der Waals surface area contributed by atoms with Gasteiger partial charge >= 0.3 is 5.97 Å². The van der Waals surface area contributed by atoms with Gasteiger partial charge in [-0.15, -0.1) is 0 Å². The Balaban J connectivity index is 3.18. The zero-order valence-corrected chi connectivity index (χ0v) is 13.2. The molecule has 1 heterocycles. The lowest BCUT2D eigenvalue weighted by molar-refractivity contribution is -0.132. The van der Waals surface area contributed by atoms with Crippen molar-refractivity contribution in [3.05, 3.63) is 23.8 Å². The van der Waals surface area contributed by atoms with Gasteiger partial charge in [-0.3, -0.25) is 14.8 Å². The van der Waals surface area contributed by atoms with Crippen molar-refractivity contribution in [2.45, 2.75) is 19.9 Å². The van der Waals surface area contributed by atoms with Gasteiger partial charge in [0.1, 0.15) is 11.8 Å². The molecule has 0 saturated heterocycles. The molecule has 1 unspecified atom stereocenters. The number of carbonyl (C=O) groups is 2. The van der Waals surface area contributed by atoms with Gasteiger partial charge in [0, 0.05) is 14.2 Å². The number of aliphatic imine (C=N–C) groups is 2. The van der Waals surface area contributed by atoms with Crippen molar-refractivity contribution < 1.29 is 19.4 Å². The Labute approximate surface area is 129 Å². The largest absolute Gasteiger partial charge is 0.478 e. The summed E-state index contributed by atoms with van der Waals surface area (Å²) >= 11 is 0. The molecule has 1 amide bonds. The van der Waals surface area contributed by atoms with Gasteiger partial charge in [0.25, 0.3) is 5.91 Å². The zero-order valence-electron chi connectivity index (χ0n) is 13.2. The van der Waals surface area contributed by atoms with Crippen molar-refractivity contribution >= 4 is 23.4 Å². The molecule has 0 aromatic rings. The Morgan fingerprint density at radius 1 is 1.59 bits per heavy atom. The molecular weight excluding hydrogens is 286 g/mol. The van der Waals surface area contributed by atoms with Crippen LogP contribution >= 0.6 is 0 Å². The first-order chi connectivity index (χ1) is 10.3. The summed E-state index contributed by atoms with van der Waals surface area (Å²) in [6.07, 6.45) is 1.37. The van der Waals surface area contributed by atoms with Gasteiger partial charge in [-0.25, -0.2) is 4.79 Å². The summed E-state index contributed by atoms with van der Waals surface area (Å²) in [6.45, 7) is 7.65. The van der Waals surface area contributed by atoms with Crippen LogP contribution in [0.15, 0.2) is 33.8 Å². The number of amidine groups is 1. The number of carbonyl (C=O) groups excluding carboxylic acids is 1. The van der Waals surface area contributed by atoms with Gasteiger partial charge < -0.3 is 15.2 Å². The van der Waals surface area contributed by atoms with E-state index >= 15 is 0 Å². The molecule has 7 heteroatoms. The first-order valence-corrected chi connectivity index (χ1v) is 6.79. The second kappa shape index (κ2) is 7.65. The monoisotopic (exact) mass is 307 g/mol. The molecule has 2 N–H and O–H groups in total. The number of rotatable bonds is 7. The predicted molar refractivity (Wildman–Crippen MR) is 84.3 cm³/mol. The number of carboxylic acids is 1. The summed E-state index contributed by atoms with van der Waals surface area (Å²) in [4.78, 5) is 31.6. The number of carboxylic acid groups (broad SMARTS) is 1. The van der Waals surface area contributed by atoms with Crippen LogP contribution in [-0.2, 0) is 14.3 Å². The third-order valence-corrected chi connectivity index (χ3v) is 3.02. The van der Waals surface area contributed by atoms with Crippen molar-refractivity contribution in [2.24, 2.45) is 15.9 Å². The van der Waals surface area contributed by atoms with E-state index in [1.807, 2.05) is 13.8 Å². The van der Waals surface area contributed by atoms with Crippen molar-refractivity contribution in [1.29, 1.82) is 0 Å². The minimum Gasteiger partial charge on any atom is -0.478 e. The van der Waals surface area contributed by atoms with Gasteiger partial charge in [-0.1, -0.05) is 20.4 Å². The van der Waals surface area contributed by atoms with Crippen LogP contribution in [0, 0.1) is 5.92 Å². The smallest absolute Gasteiger partial charge is 0.338 e. The lowest BCUT2D eigenvalue weighted by Crippen LogP contribution is -2.36. The lowest BCUT2D eigenvalue weighted by atomic mass is 10.1. The van der Waals surface area contributed by atoms with Crippen LogP contribution in [0.2, 0.25) is 0 Å². The van der Waals surface area contributed by atoms with Gasteiger partial charge in [0.05, 0.1) is 12.2 Å². The molecule has 1 aliphatic heterocycles. The number of aliphatic carboxylic acids is 1. The van der Waals surface area contributed by atoms with E-state index in [9.17, 15) is 14.7 Å². The molecule has 1 rings (SSSR count). The van der Waals surface area contributed by atoms with Crippen LogP contribution in [0.4, 0.5) is 0 Å². The Kier molecular flexibility index (Phi) is 6.18. The summed E-state index contributed by atoms with van der Waals surface area (Å²) in [5.74, 6) is -1.25. The summed E-state index contributed by atoms with van der Waals surface area (Å²) in [5.41, 5.74) is 0.501. The molecular formula is C15H21N3O4. The molecule has 1 atom stereocenters. The van der Waals surface area contributed by atoms with E-state index in [1.165, 1.54) is 20.2 Å². The van der Waals surface area contributed by atoms with E-state index < -0.39 is 12.0 Å². The van der Waals surface area contributed by atoms with E-state index in [-0.39, 0.29) is 35.6 Å². The average molecular weight is 307 g/mol. The maximum atomic E-state index is 11.9. The number of methoxy groups -OCH3 is 1. The van der Waals surface area contributed by atoms with Crippen molar-refractivity contribution in [3.8, 4) is 0 Å². The number of amides is 1. The highest BCUT2D eigenvalue weighted by Gasteiger charge is 2.33. The molecule has 0 radical (unpaired) electrons. The summed E-state index contributed by atoms with van der Waals surface area (Å²) in [6, 6.07) is -0.538. The first kappa shape index (κ1) is 17.8. The molecule has 0 bridgehead atoms. The van der Waals surface area contributed by atoms with Crippen molar-refractivity contribution in [1.82, 2.24) is 5.32 Å². The quantitative estimate of drug-likeness (QED) is 0.413. The summed E-state index contributed by atoms with van der Waals surface area (Å²) in [7, 11) is 2.94. The number of ether oxygens (including phenoxy) is 1. The molecule has 0 aromatic heterocycles. The standard InChI is InChI=1S/C15H21N3O4/c1-8(2)11-14(19)18-13(17-11)12(16-4)10(15(20)21)6-9(3)7-22-5/h6,8,11H,3,7H2,1-2,4-5H3,(H,20,21)(H,17,18,19)/b10-6+,16-12?. The van der Waals surface area contributed by atoms with Crippen LogP contribution in [0.1, 0.15) is 13.8 Å². The Morgan fingerprint density at radius 3 is 2.64 bits per heavy atom. The molecule has 22 heavy (non-hydrogen) atoms. The summed E-state index contributed by atoms with van der Waals surface area (Å²) < 4.78 is 4.91. The number of hydrogen-bond acceptors (Lipinski definition) is 5. The number of nitrogens with zero attached hydrogens (tertiary/aromatic N) is 2. The molecule has 0 fully saturated rings. The fourth-order valence-electron chi connectivity index (χ4n) is 2.01. The normalized spacial score (nSPS) is 19.2. The molecule has 0 saturated carbocycles. The van der Waals surface area contributed by atoms with E-state index in [1.54, 1.807) is 0 Å². The topological polar surface area (TPSA) is 100 Å². The van der Waals surface area contributed by atoms with Crippen LogP contribution in [0.5, 0.6) is 0 Å². The highest BCUT2D eigenvalue weighted by atomic mass is 16.5. The molecule has 0 spiro atoms.